The molecule has 3 nitrogen and oxygen atoms in total. The summed E-state index contributed by atoms with van der Waals surface area (Å²) in [4.78, 5) is 4.31. The molecule has 2 rings (SSSR count). The second kappa shape index (κ2) is 5.70. The number of hydrogen-bond acceptors (Lipinski definition) is 3. The van der Waals surface area contributed by atoms with Crippen molar-refractivity contribution in [3.63, 3.8) is 0 Å². The molecule has 0 aromatic carbocycles. The quantitative estimate of drug-likeness (QED) is 0.804. The van der Waals surface area contributed by atoms with Gasteiger partial charge in [0.25, 0.3) is 0 Å². The lowest BCUT2D eigenvalue weighted by molar-refractivity contribution is -0.0146. The summed E-state index contributed by atoms with van der Waals surface area (Å²) in [5.74, 6) is 0.779. The summed E-state index contributed by atoms with van der Waals surface area (Å²) in [6.07, 6.45) is 5.59. The standard InChI is InChI=1S/C14H20Br2N2O/c1-13(2)3-5-14(19,6-4-13)9-18-12-11(16)7-10(15)8-17-12/h7-8,19H,3-6,9H2,1-2H3,(H,17,18). The summed E-state index contributed by atoms with van der Waals surface area (Å²) in [5, 5.41) is 13.8. The number of pyridine rings is 1. The van der Waals surface area contributed by atoms with Crippen LogP contribution in [0, 0.1) is 5.41 Å². The van der Waals surface area contributed by atoms with Gasteiger partial charge in [-0.3, -0.25) is 0 Å². The molecule has 19 heavy (non-hydrogen) atoms. The summed E-state index contributed by atoms with van der Waals surface area (Å²) in [5.41, 5.74) is -0.244. The third-order valence-electron chi connectivity index (χ3n) is 3.93. The van der Waals surface area contributed by atoms with Crippen LogP contribution in [0.5, 0.6) is 0 Å². The molecule has 1 aromatic heterocycles. The number of nitrogens with one attached hydrogen (secondary N) is 1. The van der Waals surface area contributed by atoms with Gasteiger partial charge in [0.15, 0.2) is 0 Å². The highest BCUT2D eigenvalue weighted by atomic mass is 79.9. The molecular weight excluding hydrogens is 372 g/mol. The lowest BCUT2D eigenvalue weighted by Gasteiger charge is -2.40. The van der Waals surface area contributed by atoms with Crippen LogP contribution in [-0.4, -0.2) is 22.2 Å². The van der Waals surface area contributed by atoms with Crippen molar-refractivity contribution < 1.29 is 5.11 Å². The van der Waals surface area contributed by atoms with Gasteiger partial charge in [-0.1, -0.05) is 13.8 Å². The van der Waals surface area contributed by atoms with Gasteiger partial charge in [-0.25, -0.2) is 4.98 Å². The van der Waals surface area contributed by atoms with E-state index in [2.05, 4.69) is 56.0 Å². The maximum atomic E-state index is 10.6. The zero-order chi connectivity index (χ0) is 14.1. The smallest absolute Gasteiger partial charge is 0.140 e. The molecular formula is C14H20Br2N2O. The normalized spacial score (nSPS) is 21.1. The van der Waals surface area contributed by atoms with Crippen molar-refractivity contribution in [2.75, 3.05) is 11.9 Å². The largest absolute Gasteiger partial charge is 0.388 e. The summed E-state index contributed by atoms with van der Waals surface area (Å²) >= 11 is 6.85. The van der Waals surface area contributed by atoms with E-state index in [1.807, 2.05) is 6.07 Å². The number of nitrogens with zero attached hydrogens (tertiary/aromatic N) is 1. The van der Waals surface area contributed by atoms with Gasteiger partial charge < -0.3 is 10.4 Å². The zero-order valence-corrected chi connectivity index (χ0v) is 14.5. The Hall–Kier alpha value is -0.130. The van der Waals surface area contributed by atoms with Crippen molar-refractivity contribution in [2.24, 2.45) is 5.41 Å². The van der Waals surface area contributed by atoms with Crippen LogP contribution in [0.4, 0.5) is 5.82 Å². The number of rotatable bonds is 3. The van der Waals surface area contributed by atoms with Gasteiger partial charge in [0, 0.05) is 17.2 Å². The van der Waals surface area contributed by atoms with E-state index in [0.717, 1.165) is 40.4 Å². The lowest BCUT2D eigenvalue weighted by Crippen LogP contribution is -2.42. The molecule has 0 spiro atoms. The third kappa shape index (κ3) is 4.17. The first-order valence-electron chi connectivity index (χ1n) is 6.57. The monoisotopic (exact) mass is 390 g/mol. The Bertz CT molecular complexity index is 453. The van der Waals surface area contributed by atoms with Crippen LogP contribution in [0.1, 0.15) is 39.5 Å². The molecule has 1 fully saturated rings. The van der Waals surface area contributed by atoms with Crippen LogP contribution < -0.4 is 5.32 Å². The van der Waals surface area contributed by atoms with E-state index in [9.17, 15) is 5.11 Å². The second-order valence-corrected chi connectivity index (χ2v) is 8.00. The summed E-state index contributed by atoms with van der Waals surface area (Å²) in [6.45, 7) is 5.09. The predicted molar refractivity (Wildman–Crippen MR) is 85.3 cm³/mol. The van der Waals surface area contributed by atoms with Crippen molar-refractivity contribution in [3.8, 4) is 0 Å². The molecule has 0 amide bonds. The Morgan fingerprint density at radius 2 is 1.89 bits per heavy atom. The topological polar surface area (TPSA) is 45.1 Å². The van der Waals surface area contributed by atoms with Gasteiger partial charge in [0.2, 0.25) is 0 Å². The maximum Gasteiger partial charge on any atom is 0.140 e. The minimum Gasteiger partial charge on any atom is -0.388 e. The first kappa shape index (κ1) is 15.3. The Morgan fingerprint density at radius 1 is 1.26 bits per heavy atom. The van der Waals surface area contributed by atoms with Gasteiger partial charge in [0.1, 0.15) is 5.82 Å². The van der Waals surface area contributed by atoms with Gasteiger partial charge in [-0.2, -0.15) is 0 Å². The molecule has 0 radical (unpaired) electrons. The minimum absolute atomic E-state index is 0.364. The molecule has 106 valence electrons. The molecule has 2 N–H and O–H groups in total. The molecule has 1 saturated carbocycles. The highest BCUT2D eigenvalue weighted by molar-refractivity contribution is 9.11. The van der Waals surface area contributed by atoms with Gasteiger partial charge in [-0.15, -0.1) is 0 Å². The number of aromatic nitrogens is 1. The van der Waals surface area contributed by atoms with Crippen molar-refractivity contribution in [3.05, 3.63) is 21.2 Å². The van der Waals surface area contributed by atoms with Crippen molar-refractivity contribution in [1.82, 2.24) is 4.98 Å². The first-order chi connectivity index (χ1) is 8.80. The molecule has 5 heteroatoms. The van der Waals surface area contributed by atoms with Gasteiger partial charge >= 0.3 is 0 Å². The number of hydrogen-bond donors (Lipinski definition) is 2. The van der Waals surface area contributed by atoms with Crippen molar-refractivity contribution in [2.45, 2.75) is 45.1 Å². The predicted octanol–water partition coefficient (Wildman–Crippen LogP) is 4.35. The fourth-order valence-electron chi connectivity index (χ4n) is 2.36. The minimum atomic E-state index is -0.607. The SMILES string of the molecule is CC1(C)CCC(O)(CNc2ncc(Br)cc2Br)CC1. The fraction of sp³-hybridized carbons (Fsp3) is 0.643. The molecule has 0 aliphatic heterocycles. The van der Waals surface area contributed by atoms with E-state index >= 15 is 0 Å². The van der Waals surface area contributed by atoms with Crippen LogP contribution in [0.3, 0.4) is 0 Å². The van der Waals surface area contributed by atoms with E-state index < -0.39 is 5.60 Å². The summed E-state index contributed by atoms with van der Waals surface area (Å²) in [7, 11) is 0. The molecule has 1 aromatic rings. The van der Waals surface area contributed by atoms with E-state index in [-0.39, 0.29) is 0 Å². The van der Waals surface area contributed by atoms with E-state index in [4.69, 9.17) is 0 Å². The van der Waals surface area contributed by atoms with Crippen molar-refractivity contribution >= 4 is 37.7 Å². The van der Waals surface area contributed by atoms with Gasteiger partial charge in [-0.05, 0) is 69.0 Å². The Kier molecular flexibility index (Phi) is 4.58. The fourth-order valence-corrected chi connectivity index (χ4v) is 3.49. The Morgan fingerprint density at radius 3 is 2.47 bits per heavy atom. The first-order valence-corrected chi connectivity index (χ1v) is 8.16. The van der Waals surface area contributed by atoms with Gasteiger partial charge in [0.05, 0.1) is 10.1 Å². The van der Waals surface area contributed by atoms with Crippen LogP contribution in [0.15, 0.2) is 21.2 Å². The van der Waals surface area contributed by atoms with E-state index in [1.54, 1.807) is 6.20 Å². The third-order valence-corrected chi connectivity index (χ3v) is 4.97. The molecule has 1 aliphatic rings. The average Bonchev–Trinajstić information content (AvgIpc) is 2.33. The van der Waals surface area contributed by atoms with Crippen LogP contribution in [0.25, 0.3) is 0 Å². The van der Waals surface area contributed by atoms with Crippen LogP contribution in [0.2, 0.25) is 0 Å². The second-order valence-electron chi connectivity index (χ2n) is 6.23. The summed E-state index contributed by atoms with van der Waals surface area (Å²) < 4.78 is 1.84. The molecule has 0 unspecified atom stereocenters. The zero-order valence-electron chi connectivity index (χ0n) is 11.3. The summed E-state index contributed by atoms with van der Waals surface area (Å²) in [6, 6.07) is 1.95. The maximum absolute atomic E-state index is 10.6. The Balaban J connectivity index is 1.95. The molecule has 1 aliphatic carbocycles. The van der Waals surface area contributed by atoms with E-state index in [1.165, 1.54) is 0 Å². The molecule has 0 saturated heterocycles. The molecule has 0 atom stereocenters. The molecule has 0 bridgehead atoms. The van der Waals surface area contributed by atoms with E-state index in [0.29, 0.717) is 12.0 Å². The lowest BCUT2D eigenvalue weighted by atomic mass is 9.71. The highest BCUT2D eigenvalue weighted by Gasteiger charge is 2.36. The van der Waals surface area contributed by atoms with Crippen LogP contribution in [-0.2, 0) is 0 Å². The van der Waals surface area contributed by atoms with Crippen molar-refractivity contribution in [1.29, 1.82) is 0 Å². The molecule has 1 heterocycles. The number of anilines is 1. The highest BCUT2D eigenvalue weighted by Crippen LogP contribution is 2.40. The number of halogens is 2. The number of aliphatic hydroxyl groups is 1. The average molecular weight is 392 g/mol. The van der Waals surface area contributed by atoms with Crippen LogP contribution >= 0.6 is 31.9 Å². The Labute approximate surface area is 131 Å².